The van der Waals surface area contributed by atoms with Crippen molar-refractivity contribution in [1.29, 1.82) is 0 Å². The van der Waals surface area contributed by atoms with Gasteiger partial charge in [-0.05, 0) is 35.9 Å². The van der Waals surface area contributed by atoms with Crippen LogP contribution in [-0.2, 0) is 16.1 Å². The maximum Gasteiger partial charge on any atom is 0.244 e. The van der Waals surface area contributed by atoms with Crippen molar-refractivity contribution in [3.05, 3.63) is 57.3 Å². The van der Waals surface area contributed by atoms with Crippen molar-refractivity contribution >= 4 is 46.5 Å². The largest absolute Gasteiger partial charge is 0.348 e. The summed E-state index contributed by atoms with van der Waals surface area (Å²) in [5.41, 5.74) is 1.62. The van der Waals surface area contributed by atoms with Gasteiger partial charge in [0.25, 0.3) is 0 Å². The van der Waals surface area contributed by atoms with Crippen LogP contribution in [0.2, 0.25) is 4.34 Å². The molecule has 0 aliphatic rings. The zero-order valence-corrected chi connectivity index (χ0v) is 13.5. The van der Waals surface area contributed by atoms with E-state index in [-0.39, 0.29) is 11.8 Å². The third-order valence-corrected chi connectivity index (χ3v) is 3.90. The number of halogens is 1. The van der Waals surface area contributed by atoms with Gasteiger partial charge in [-0.25, -0.2) is 0 Å². The number of hydrogen-bond donors (Lipinski definition) is 2. The molecule has 0 aliphatic carbocycles. The molecule has 6 heteroatoms. The Bertz CT molecular complexity index is 710. The highest BCUT2D eigenvalue weighted by molar-refractivity contribution is 7.17. The Balaban J connectivity index is 1.88. The van der Waals surface area contributed by atoms with Gasteiger partial charge in [-0.15, -0.1) is 11.3 Å². The second kappa shape index (κ2) is 7.77. The number of hydrogen-bond acceptors (Lipinski definition) is 3. The van der Waals surface area contributed by atoms with Crippen molar-refractivity contribution in [1.82, 2.24) is 5.32 Å². The van der Waals surface area contributed by atoms with Gasteiger partial charge in [0, 0.05) is 30.1 Å². The van der Waals surface area contributed by atoms with E-state index >= 15 is 0 Å². The summed E-state index contributed by atoms with van der Waals surface area (Å²) in [5, 5.41) is 5.49. The second-order valence-electron chi connectivity index (χ2n) is 4.57. The second-order valence-corrected chi connectivity index (χ2v) is 6.32. The van der Waals surface area contributed by atoms with Crippen molar-refractivity contribution < 1.29 is 9.59 Å². The Morgan fingerprint density at radius 3 is 2.77 bits per heavy atom. The third kappa shape index (κ3) is 5.35. The van der Waals surface area contributed by atoms with Gasteiger partial charge in [-0.1, -0.05) is 23.7 Å². The molecule has 0 spiro atoms. The van der Waals surface area contributed by atoms with Crippen LogP contribution in [0.4, 0.5) is 5.69 Å². The van der Waals surface area contributed by atoms with Gasteiger partial charge in [-0.3, -0.25) is 9.59 Å². The fraction of sp³-hybridized carbons (Fsp3) is 0.125. The zero-order chi connectivity index (χ0) is 15.9. The standard InChI is InChI=1S/C16H15ClN2O2S/c1-11(20)19-13-4-2-3-12(9-13)10-18-16(21)8-6-14-5-7-15(17)22-14/h2-9H,10H2,1H3,(H,18,21)(H,19,20)/b8-6+. The lowest BCUT2D eigenvalue weighted by Gasteiger charge is -2.06. The van der Waals surface area contributed by atoms with Crippen molar-refractivity contribution in [3.8, 4) is 0 Å². The highest BCUT2D eigenvalue weighted by Gasteiger charge is 2.00. The fourth-order valence-corrected chi connectivity index (χ4v) is 2.75. The first-order valence-corrected chi connectivity index (χ1v) is 7.80. The predicted molar refractivity (Wildman–Crippen MR) is 91.0 cm³/mol. The molecule has 0 fully saturated rings. The minimum absolute atomic E-state index is 0.126. The van der Waals surface area contributed by atoms with Crippen molar-refractivity contribution in [3.63, 3.8) is 0 Å². The van der Waals surface area contributed by atoms with Crippen LogP contribution in [0.25, 0.3) is 6.08 Å². The third-order valence-electron chi connectivity index (χ3n) is 2.71. The van der Waals surface area contributed by atoms with Crippen LogP contribution in [-0.4, -0.2) is 11.8 Å². The molecular weight excluding hydrogens is 320 g/mol. The van der Waals surface area contributed by atoms with E-state index in [0.29, 0.717) is 16.6 Å². The lowest BCUT2D eigenvalue weighted by atomic mass is 10.2. The van der Waals surface area contributed by atoms with Crippen molar-refractivity contribution in [2.75, 3.05) is 5.32 Å². The maximum absolute atomic E-state index is 11.8. The summed E-state index contributed by atoms with van der Waals surface area (Å²) in [6.45, 7) is 1.85. The molecule has 2 aromatic rings. The lowest BCUT2D eigenvalue weighted by molar-refractivity contribution is -0.116. The van der Waals surface area contributed by atoms with Crippen LogP contribution in [0.5, 0.6) is 0 Å². The fourth-order valence-electron chi connectivity index (χ4n) is 1.79. The van der Waals surface area contributed by atoms with E-state index in [2.05, 4.69) is 10.6 Å². The molecule has 0 unspecified atom stereocenters. The maximum atomic E-state index is 11.8. The molecule has 1 heterocycles. The molecular formula is C16H15ClN2O2S. The van der Waals surface area contributed by atoms with E-state index < -0.39 is 0 Å². The molecule has 4 nitrogen and oxygen atoms in total. The molecule has 2 amide bonds. The topological polar surface area (TPSA) is 58.2 Å². The van der Waals surface area contributed by atoms with Crippen LogP contribution >= 0.6 is 22.9 Å². The van der Waals surface area contributed by atoms with Crippen LogP contribution in [0.15, 0.2) is 42.5 Å². The molecule has 2 N–H and O–H groups in total. The average Bonchev–Trinajstić information content (AvgIpc) is 2.88. The number of rotatable bonds is 5. The van der Waals surface area contributed by atoms with Gasteiger partial charge < -0.3 is 10.6 Å². The van der Waals surface area contributed by atoms with Gasteiger partial charge in [0.2, 0.25) is 11.8 Å². The summed E-state index contributed by atoms with van der Waals surface area (Å²) in [5.74, 6) is -0.312. The molecule has 114 valence electrons. The molecule has 0 atom stereocenters. The number of thiophene rings is 1. The molecule has 2 rings (SSSR count). The number of benzene rings is 1. The predicted octanol–water partition coefficient (Wildman–Crippen LogP) is 3.69. The molecule has 0 saturated carbocycles. The number of nitrogens with one attached hydrogen (secondary N) is 2. The van der Waals surface area contributed by atoms with Gasteiger partial charge in [0.15, 0.2) is 0 Å². The normalized spacial score (nSPS) is 10.6. The SMILES string of the molecule is CC(=O)Nc1cccc(CNC(=O)/C=C/c2ccc(Cl)s2)c1. The van der Waals surface area contributed by atoms with Crippen molar-refractivity contribution in [2.24, 2.45) is 0 Å². The van der Waals surface area contributed by atoms with E-state index in [9.17, 15) is 9.59 Å². The Kier molecular flexibility index (Phi) is 5.75. The Morgan fingerprint density at radius 1 is 1.27 bits per heavy atom. The Labute approximate surface area is 137 Å². The molecule has 0 radical (unpaired) electrons. The quantitative estimate of drug-likeness (QED) is 0.819. The van der Waals surface area contributed by atoms with E-state index in [1.54, 1.807) is 18.2 Å². The molecule has 0 bridgehead atoms. The first-order chi connectivity index (χ1) is 10.5. The number of anilines is 1. The minimum atomic E-state index is -0.186. The highest BCUT2D eigenvalue weighted by Crippen LogP contribution is 2.22. The Morgan fingerprint density at radius 2 is 2.09 bits per heavy atom. The first-order valence-electron chi connectivity index (χ1n) is 6.61. The smallest absolute Gasteiger partial charge is 0.244 e. The van der Waals surface area contributed by atoms with Gasteiger partial charge in [0.05, 0.1) is 4.34 Å². The van der Waals surface area contributed by atoms with Crippen LogP contribution in [0, 0.1) is 0 Å². The van der Waals surface area contributed by atoms with Gasteiger partial charge in [0.1, 0.15) is 0 Å². The van der Waals surface area contributed by atoms with Gasteiger partial charge >= 0.3 is 0 Å². The minimum Gasteiger partial charge on any atom is -0.348 e. The molecule has 1 aromatic heterocycles. The van der Waals surface area contributed by atoms with Crippen LogP contribution in [0.1, 0.15) is 17.4 Å². The summed E-state index contributed by atoms with van der Waals surface area (Å²) < 4.78 is 0.690. The molecule has 22 heavy (non-hydrogen) atoms. The summed E-state index contributed by atoms with van der Waals surface area (Å²) in [6.07, 6.45) is 3.19. The van der Waals surface area contributed by atoms with E-state index in [0.717, 1.165) is 10.4 Å². The average molecular weight is 335 g/mol. The van der Waals surface area contributed by atoms with Gasteiger partial charge in [-0.2, -0.15) is 0 Å². The van der Waals surface area contributed by atoms with Crippen LogP contribution in [0.3, 0.4) is 0 Å². The van der Waals surface area contributed by atoms with Crippen molar-refractivity contribution in [2.45, 2.75) is 13.5 Å². The molecule has 0 saturated heterocycles. The summed E-state index contributed by atoms with van der Waals surface area (Å²) in [4.78, 5) is 23.7. The number of carbonyl (C=O) groups is 2. The highest BCUT2D eigenvalue weighted by atomic mass is 35.5. The summed E-state index contributed by atoms with van der Waals surface area (Å²) >= 11 is 7.23. The van der Waals surface area contributed by atoms with E-state index in [4.69, 9.17) is 11.6 Å². The lowest BCUT2D eigenvalue weighted by Crippen LogP contribution is -2.20. The monoisotopic (exact) mass is 334 g/mol. The zero-order valence-electron chi connectivity index (χ0n) is 11.9. The molecule has 0 aliphatic heterocycles. The van der Waals surface area contributed by atoms with Crippen LogP contribution < -0.4 is 10.6 Å². The molecule has 1 aromatic carbocycles. The number of carbonyl (C=O) groups excluding carboxylic acids is 2. The Hall–Kier alpha value is -2.11. The summed E-state index contributed by atoms with van der Waals surface area (Å²) in [7, 11) is 0. The van der Waals surface area contributed by atoms with E-state index in [1.807, 2.05) is 24.3 Å². The van der Waals surface area contributed by atoms with E-state index in [1.165, 1.54) is 24.3 Å². The number of amides is 2. The summed E-state index contributed by atoms with van der Waals surface area (Å²) in [6, 6.07) is 11.0. The first kappa shape index (κ1) is 16.3.